The molecule has 2 rings (SSSR count). The second-order valence-electron chi connectivity index (χ2n) is 5.53. The highest BCUT2D eigenvalue weighted by Gasteiger charge is 2.29. The van der Waals surface area contributed by atoms with Gasteiger partial charge < -0.3 is 0 Å². The van der Waals surface area contributed by atoms with Crippen LogP contribution in [0.15, 0.2) is 28.7 Å². The average molecular weight is 334 g/mol. The van der Waals surface area contributed by atoms with Gasteiger partial charge in [0.1, 0.15) is 5.92 Å². The molecule has 1 aromatic carbocycles. The molecule has 0 bridgehead atoms. The normalized spacial score (nSPS) is 18.6. The van der Waals surface area contributed by atoms with Crippen molar-refractivity contribution in [2.24, 2.45) is 5.92 Å². The molecule has 1 saturated carbocycles. The van der Waals surface area contributed by atoms with Crippen molar-refractivity contribution in [2.75, 3.05) is 0 Å². The van der Waals surface area contributed by atoms with Gasteiger partial charge in [-0.15, -0.1) is 0 Å². The van der Waals surface area contributed by atoms with Gasteiger partial charge in [0.25, 0.3) is 0 Å². The van der Waals surface area contributed by atoms with Crippen LogP contribution in [0.25, 0.3) is 0 Å². The maximum Gasteiger partial charge on any atom is 0.157 e. The Labute approximate surface area is 129 Å². The average Bonchev–Trinajstić information content (AvgIpc) is 2.41. The van der Waals surface area contributed by atoms with Gasteiger partial charge in [-0.1, -0.05) is 66.2 Å². The number of rotatable bonds is 3. The third-order valence-corrected chi connectivity index (χ3v) is 4.86. The maximum atomic E-state index is 12.7. The fourth-order valence-electron chi connectivity index (χ4n) is 2.97. The molecule has 0 amide bonds. The lowest BCUT2D eigenvalue weighted by atomic mass is 9.81. The summed E-state index contributed by atoms with van der Waals surface area (Å²) in [7, 11) is 0. The molecule has 2 nitrogen and oxygen atoms in total. The molecule has 0 saturated heterocycles. The number of nitriles is 1. The zero-order chi connectivity index (χ0) is 14.4. The Morgan fingerprint density at radius 2 is 1.75 bits per heavy atom. The molecule has 1 aliphatic carbocycles. The van der Waals surface area contributed by atoms with Crippen molar-refractivity contribution < 1.29 is 4.79 Å². The Morgan fingerprint density at radius 3 is 2.35 bits per heavy atom. The number of hydrogen-bond acceptors (Lipinski definition) is 2. The van der Waals surface area contributed by atoms with Gasteiger partial charge in [0.2, 0.25) is 0 Å². The van der Waals surface area contributed by atoms with Crippen molar-refractivity contribution in [3.8, 4) is 6.07 Å². The van der Waals surface area contributed by atoms with E-state index < -0.39 is 5.92 Å². The Kier molecular flexibility index (Phi) is 5.79. The van der Waals surface area contributed by atoms with Gasteiger partial charge in [0, 0.05) is 10.4 Å². The number of hydrogen-bond donors (Lipinski definition) is 0. The molecule has 0 aromatic heterocycles. The van der Waals surface area contributed by atoms with Crippen LogP contribution in [-0.4, -0.2) is 5.78 Å². The predicted octanol–water partition coefficient (Wildman–Crippen LogP) is 4.99. The van der Waals surface area contributed by atoms with Gasteiger partial charge in [-0.05, 0) is 24.5 Å². The Morgan fingerprint density at radius 1 is 1.15 bits per heavy atom. The summed E-state index contributed by atoms with van der Waals surface area (Å²) in [6.07, 6.45) is 7.84. The van der Waals surface area contributed by atoms with Crippen molar-refractivity contribution in [2.45, 2.75) is 50.9 Å². The summed E-state index contributed by atoms with van der Waals surface area (Å²) >= 11 is 3.45. The molecule has 1 aromatic rings. The molecule has 1 fully saturated rings. The predicted molar refractivity (Wildman–Crippen MR) is 83.3 cm³/mol. The monoisotopic (exact) mass is 333 g/mol. The number of benzene rings is 1. The Bertz CT molecular complexity index is 498. The number of nitrogens with zero attached hydrogens (tertiary/aromatic N) is 1. The van der Waals surface area contributed by atoms with E-state index >= 15 is 0 Å². The topological polar surface area (TPSA) is 40.9 Å². The van der Waals surface area contributed by atoms with Crippen molar-refractivity contribution in [1.82, 2.24) is 0 Å². The minimum absolute atomic E-state index is 0.0621. The molecule has 1 unspecified atom stereocenters. The van der Waals surface area contributed by atoms with Crippen LogP contribution in [0, 0.1) is 17.2 Å². The minimum atomic E-state index is -0.630. The van der Waals surface area contributed by atoms with Crippen LogP contribution < -0.4 is 0 Å². The fraction of sp³-hybridized carbons (Fsp3) is 0.529. The van der Waals surface area contributed by atoms with Crippen LogP contribution in [0.5, 0.6) is 0 Å². The van der Waals surface area contributed by atoms with E-state index in [0.717, 1.165) is 35.7 Å². The summed E-state index contributed by atoms with van der Waals surface area (Å²) in [4.78, 5) is 12.7. The first kappa shape index (κ1) is 15.3. The zero-order valence-corrected chi connectivity index (χ0v) is 13.2. The van der Waals surface area contributed by atoms with Crippen LogP contribution in [-0.2, 0) is 4.79 Å². The molecule has 0 heterocycles. The van der Waals surface area contributed by atoms with E-state index in [1.54, 1.807) is 0 Å². The smallest absolute Gasteiger partial charge is 0.157 e. The summed E-state index contributed by atoms with van der Waals surface area (Å²) in [6.45, 7) is 0. The lowest BCUT2D eigenvalue weighted by Gasteiger charge is -2.21. The highest BCUT2D eigenvalue weighted by Crippen LogP contribution is 2.31. The fourth-order valence-corrected chi connectivity index (χ4v) is 3.49. The van der Waals surface area contributed by atoms with E-state index in [0.29, 0.717) is 0 Å². The lowest BCUT2D eigenvalue weighted by molar-refractivity contribution is -0.123. The SMILES string of the molecule is N#CC(C(=O)C1CCCCCCC1)c1ccccc1Br. The van der Waals surface area contributed by atoms with Crippen molar-refractivity contribution >= 4 is 21.7 Å². The maximum absolute atomic E-state index is 12.7. The van der Waals surface area contributed by atoms with Gasteiger partial charge in [0.15, 0.2) is 5.78 Å². The number of ketones is 1. The van der Waals surface area contributed by atoms with Gasteiger partial charge in [0.05, 0.1) is 6.07 Å². The molecule has 0 N–H and O–H groups in total. The molecular weight excluding hydrogens is 314 g/mol. The summed E-state index contributed by atoms with van der Waals surface area (Å²) in [5.41, 5.74) is 0.807. The number of halogens is 1. The quantitative estimate of drug-likeness (QED) is 0.782. The van der Waals surface area contributed by atoms with Crippen LogP contribution >= 0.6 is 15.9 Å². The van der Waals surface area contributed by atoms with Crippen molar-refractivity contribution in [3.05, 3.63) is 34.3 Å². The number of carbonyl (C=O) groups is 1. The Balaban J connectivity index is 2.16. The first-order valence-corrected chi connectivity index (χ1v) is 8.21. The third-order valence-electron chi connectivity index (χ3n) is 4.14. The van der Waals surface area contributed by atoms with Crippen molar-refractivity contribution in [1.29, 1.82) is 5.26 Å². The van der Waals surface area contributed by atoms with E-state index in [1.807, 2.05) is 24.3 Å². The van der Waals surface area contributed by atoms with Crippen LogP contribution in [0.4, 0.5) is 0 Å². The lowest BCUT2D eigenvalue weighted by Crippen LogP contribution is -2.22. The minimum Gasteiger partial charge on any atom is -0.298 e. The molecule has 106 valence electrons. The molecular formula is C17H20BrNO. The summed E-state index contributed by atoms with van der Waals surface area (Å²) in [5, 5.41) is 9.44. The zero-order valence-electron chi connectivity index (χ0n) is 11.6. The Hall–Kier alpha value is -1.14. The highest BCUT2D eigenvalue weighted by molar-refractivity contribution is 9.10. The van der Waals surface area contributed by atoms with E-state index in [1.165, 1.54) is 19.3 Å². The number of Topliss-reactive ketones (excluding diaryl/α,β-unsaturated/α-hetero) is 1. The van der Waals surface area contributed by atoms with Crippen LogP contribution in [0.2, 0.25) is 0 Å². The molecule has 0 aliphatic heterocycles. The van der Waals surface area contributed by atoms with Gasteiger partial charge >= 0.3 is 0 Å². The summed E-state index contributed by atoms with van der Waals surface area (Å²) in [6, 6.07) is 9.77. The van der Waals surface area contributed by atoms with E-state index in [9.17, 15) is 10.1 Å². The van der Waals surface area contributed by atoms with E-state index in [-0.39, 0.29) is 11.7 Å². The molecule has 1 aliphatic rings. The molecule has 3 heteroatoms. The molecule has 0 spiro atoms. The van der Waals surface area contributed by atoms with E-state index in [4.69, 9.17) is 0 Å². The molecule has 1 atom stereocenters. The largest absolute Gasteiger partial charge is 0.298 e. The van der Waals surface area contributed by atoms with E-state index in [2.05, 4.69) is 22.0 Å². The first-order chi connectivity index (χ1) is 9.74. The highest BCUT2D eigenvalue weighted by atomic mass is 79.9. The second-order valence-corrected chi connectivity index (χ2v) is 6.38. The summed E-state index contributed by atoms with van der Waals surface area (Å²) < 4.78 is 0.853. The van der Waals surface area contributed by atoms with Gasteiger partial charge in [-0.25, -0.2) is 0 Å². The van der Waals surface area contributed by atoms with Crippen molar-refractivity contribution in [3.63, 3.8) is 0 Å². The standard InChI is InChI=1S/C17H20BrNO/c18-16-11-7-6-10-14(16)15(12-19)17(20)13-8-4-2-1-3-5-9-13/h6-7,10-11,13,15H,1-5,8-9H2. The van der Waals surface area contributed by atoms with Gasteiger partial charge in [-0.2, -0.15) is 5.26 Å². The van der Waals surface area contributed by atoms with Crippen LogP contribution in [0.1, 0.15) is 56.4 Å². The third kappa shape index (κ3) is 3.70. The van der Waals surface area contributed by atoms with Crippen LogP contribution in [0.3, 0.4) is 0 Å². The number of carbonyl (C=O) groups excluding carboxylic acids is 1. The molecule has 0 radical (unpaired) electrons. The summed E-state index contributed by atoms with van der Waals surface area (Å²) in [5.74, 6) is -0.455. The molecule has 20 heavy (non-hydrogen) atoms. The first-order valence-electron chi connectivity index (χ1n) is 7.42. The second kappa shape index (κ2) is 7.59. The van der Waals surface area contributed by atoms with Gasteiger partial charge in [-0.3, -0.25) is 4.79 Å².